The smallest absolute Gasteiger partial charge is 0.278 e. The van der Waals surface area contributed by atoms with E-state index < -0.39 is 27.5 Å². The van der Waals surface area contributed by atoms with Gasteiger partial charge in [-0.25, -0.2) is 12.8 Å². The highest BCUT2D eigenvalue weighted by Crippen LogP contribution is 2.20. The second kappa shape index (κ2) is 10.0. The summed E-state index contributed by atoms with van der Waals surface area (Å²) >= 11 is 0. The van der Waals surface area contributed by atoms with Crippen molar-refractivity contribution in [2.24, 2.45) is 5.10 Å². The number of anilines is 1. The van der Waals surface area contributed by atoms with Gasteiger partial charge in [0.2, 0.25) is 0 Å². The average Bonchev–Trinajstić information content (AvgIpc) is 2.63. The summed E-state index contributed by atoms with van der Waals surface area (Å²) in [6.07, 6.45) is -1.78. The predicted octanol–water partition coefficient (Wildman–Crippen LogP) is 5.30. The third-order valence-corrected chi connectivity index (χ3v) is 4.31. The number of hydrogen-bond donors (Lipinski definition) is 1. The van der Waals surface area contributed by atoms with Crippen LogP contribution in [-0.4, -0.2) is 26.6 Å². The van der Waals surface area contributed by atoms with Crippen LogP contribution >= 0.6 is 0 Å². The summed E-state index contributed by atoms with van der Waals surface area (Å²) < 4.78 is 74.7. The molecule has 0 aliphatic carbocycles. The lowest BCUT2D eigenvalue weighted by atomic mass is 10.2. The first-order valence-electron chi connectivity index (χ1n) is 8.20. The molecule has 0 radical (unpaired) electrons. The van der Waals surface area contributed by atoms with Crippen molar-refractivity contribution in [2.75, 3.05) is 11.7 Å². The minimum Gasteiger partial charge on any atom is -0.278 e. The van der Waals surface area contributed by atoms with Crippen molar-refractivity contribution >= 4 is 27.3 Å². The molecule has 0 atom stereocenters. The van der Waals surface area contributed by atoms with Crippen LogP contribution < -0.4 is 5.43 Å². The van der Waals surface area contributed by atoms with Gasteiger partial charge in [0.25, 0.3) is 0 Å². The highest BCUT2D eigenvalue weighted by Gasteiger charge is 2.34. The molecule has 0 saturated heterocycles. The second-order valence-corrected chi connectivity index (χ2v) is 7.30. The van der Waals surface area contributed by atoms with Crippen LogP contribution in [0, 0.1) is 5.82 Å². The van der Waals surface area contributed by atoms with Gasteiger partial charge in [-0.15, -0.1) is 0 Å². The zero-order chi connectivity index (χ0) is 21.4. The molecule has 0 aliphatic heterocycles. The molecule has 2 aromatic carbocycles. The Bertz CT molecular complexity index is 918. The van der Waals surface area contributed by atoms with Gasteiger partial charge in [0.05, 0.1) is 10.6 Å². The maximum absolute atomic E-state index is 13.0. The van der Waals surface area contributed by atoms with Gasteiger partial charge in [-0.2, -0.15) is 18.3 Å². The van der Waals surface area contributed by atoms with Crippen LogP contribution in [0.25, 0.3) is 6.08 Å². The standard InChI is InChI=1S/C17H14F4N2O2S.C2H6/c1-26(24,25)15-9-7-14(8-10-15)22-23-16(17(19,20)21)11-4-12-2-5-13(18)6-3-12;1-2/h2-11,22H,1H3;1-2H3/b11-4+,23-16+;. The molecular weight excluding hydrogens is 396 g/mol. The van der Waals surface area contributed by atoms with Crippen molar-refractivity contribution in [1.82, 2.24) is 0 Å². The minimum absolute atomic E-state index is 0.0410. The van der Waals surface area contributed by atoms with E-state index in [4.69, 9.17) is 0 Å². The summed E-state index contributed by atoms with van der Waals surface area (Å²) in [7, 11) is -3.40. The Balaban J connectivity index is 0.00000190. The van der Waals surface area contributed by atoms with Crippen LogP contribution in [0.5, 0.6) is 0 Å². The maximum atomic E-state index is 13.0. The van der Waals surface area contributed by atoms with E-state index in [1.54, 1.807) is 0 Å². The van der Waals surface area contributed by atoms with Gasteiger partial charge < -0.3 is 0 Å². The lowest BCUT2D eigenvalue weighted by molar-refractivity contribution is -0.0577. The summed E-state index contributed by atoms with van der Waals surface area (Å²) in [6, 6.07) is 10.0. The van der Waals surface area contributed by atoms with Crippen molar-refractivity contribution in [3.05, 3.63) is 66.0 Å². The third kappa shape index (κ3) is 7.51. The van der Waals surface area contributed by atoms with Crippen molar-refractivity contribution in [2.45, 2.75) is 24.9 Å². The number of alkyl halides is 3. The first-order valence-corrected chi connectivity index (χ1v) is 10.1. The number of nitrogens with zero attached hydrogens (tertiary/aromatic N) is 1. The fourth-order valence-electron chi connectivity index (χ4n) is 1.85. The molecule has 4 nitrogen and oxygen atoms in total. The fraction of sp³-hybridized carbons (Fsp3) is 0.211. The molecule has 0 spiro atoms. The highest BCUT2D eigenvalue weighted by molar-refractivity contribution is 7.90. The zero-order valence-corrected chi connectivity index (χ0v) is 16.3. The summed E-state index contributed by atoms with van der Waals surface area (Å²) in [5, 5.41) is 3.32. The predicted molar refractivity (Wildman–Crippen MR) is 103 cm³/mol. The molecule has 0 bridgehead atoms. The van der Waals surface area contributed by atoms with Crippen LogP contribution in [0.3, 0.4) is 0 Å². The Morgan fingerprint density at radius 2 is 1.54 bits per heavy atom. The van der Waals surface area contributed by atoms with E-state index in [1.165, 1.54) is 36.4 Å². The van der Waals surface area contributed by atoms with E-state index >= 15 is 0 Å². The number of allylic oxidation sites excluding steroid dienone is 1. The van der Waals surface area contributed by atoms with E-state index in [9.17, 15) is 26.0 Å². The molecule has 2 aromatic rings. The third-order valence-electron chi connectivity index (χ3n) is 3.18. The van der Waals surface area contributed by atoms with Gasteiger partial charge in [0, 0.05) is 6.26 Å². The molecule has 0 fully saturated rings. The topological polar surface area (TPSA) is 58.5 Å². The van der Waals surface area contributed by atoms with Crippen molar-refractivity contribution in [3.8, 4) is 0 Å². The SMILES string of the molecule is CC.CS(=O)(=O)c1ccc(N/N=C(\C=C\c2ccc(F)cc2)C(F)(F)F)cc1. The van der Waals surface area contributed by atoms with E-state index in [1.807, 2.05) is 13.8 Å². The first kappa shape index (κ1) is 23.4. The maximum Gasteiger partial charge on any atom is 0.435 e. The largest absolute Gasteiger partial charge is 0.435 e. The summed E-state index contributed by atoms with van der Waals surface area (Å²) in [5.74, 6) is -0.494. The average molecular weight is 416 g/mol. The molecule has 0 saturated carbocycles. The number of hydrazone groups is 1. The number of hydrogen-bond acceptors (Lipinski definition) is 4. The summed E-state index contributed by atoms with van der Waals surface area (Å²) in [4.78, 5) is 0.0410. The Hall–Kier alpha value is -2.68. The Morgan fingerprint density at radius 1 is 1.00 bits per heavy atom. The normalized spacial score (nSPS) is 12.5. The molecule has 0 aliphatic rings. The zero-order valence-electron chi connectivity index (χ0n) is 15.5. The van der Waals surface area contributed by atoms with Gasteiger partial charge in [0.1, 0.15) is 5.82 Å². The molecule has 0 amide bonds. The number of nitrogens with one attached hydrogen (secondary N) is 1. The lowest BCUT2D eigenvalue weighted by Gasteiger charge is -2.08. The van der Waals surface area contributed by atoms with Crippen LogP contribution in [0.15, 0.2) is 64.6 Å². The van der Waals surface area contributed by atoms with E-state index in [0.717, 1.165) is 30.5 Å². The quantitative estimate of drug-likeness (QED) is 0.409. The van der Waals surface area contributed by atoms with Gasteiger partial charge in [0.15, 0.2) is 15.5 Å². The monoisotopic (exact) mass is 416 g/mol. The number of benzene rings is 2. The number of sulfone groups is 1. The van der Waals surface area contributed by atoms with E-state index in [2.05, 4.69) is 10.5 Å². The van der Waals surface area contributed by atoms with Crippen molar-refractivity contribution in [3.63, 3.8) is 0 Å². The Kier molecular flexibility index (Phi) is 8.36. The van der Waals surface area contributed by atoms with E-state index in [-0.39, 0.29) is 10.6 Å². The van der Waals surface area contributed by atoms with Gasteiger partial charge in [-0.3, -0.25) is 5.43 Å². The molecular formula is C19H20F4N2O2S. The Morgan fingerprint density at radius 3 is 2.00 bits per heavy atom. The molecule has 152 valence electrons. The first-order chi connectivity index (χ1) is 13.1. The van der Waals surface area contributed by atoms with Crippen molar-refractivity contribution in [1.29, 1.82) is 0 Å². The van der Waals surface area contributed by atoms with Crippen molar-refractivity contribution < 1.29 is 26.0 Å². The lowest BCUT2D eigenvalue weighted by Crippen LogP contribution is -2.22. The van der Waals surface area contributed by atoms with Crippen LogP contribution in [0.2, 0.25) is 0 Å². The van der Waals surface area contributed by atoms with Crippen LogP contribution in [0.4, 0.5) is 23.2 Å². The highest BCUT2D eigenvalue weighted by atomic mass is 32.2. The fourth-order valence-corrected chi connectivity index (χ4v) is 2.48. The van der Waals surface area contributed by atoms with Crippen LogP contribution in [-0.2, 0) is 9.84 Å². The molecule has 0 aromatic heterocycles. The minimum atomic E-state index is -4.71. The summed E-state index contributed by atoms with van der Waals surface area (Å²) in [6.45, 7) is 4.00. The van der Waals surface area contributed by atoms with Gasteiger partial charge >= 0.3 is 6.18 Å². The molecule has 2 rings (SSSR count). The molecule has 1 N–H and O–H groups in total. The van der Waals surface area contributed by atoms with Gasteiger partial charge in [-0.05, 0) is 48.0 Å². The molecule has 0 unspecified atom stereocenters. The van der Waals surface area contributed by atoms with E-state index in [0.29, 0.717) is 5.56 Å². The Labute approximate surface area is 161 Å². The van der Waals surface area contributed by atoms with Crippen LogP contribution in [0.1, 0.15) is 19.4 Å². The van der Waals surface area contributed by atoms with Gasteiger partial charge in [-0.1, -0.05) is 32.1 Å². The molecule has 28 heavy (non-hydrogen) atoms. The molecule has 9 heteroatoms. The molecule has 0 heterocycles. The number of rotatable bonds is 5. The number of halogens is 4. The second-order valence-electron chi connectivity index (χ2n) is 5.29. The summed E-state index contributed by atoms with van der Waals surface area (Å²) in [5.41, 5.74) is 1.60.